The van der Waals surface area contributed by atoms with Gasteiger partial charge in [-0.15, -0.1) is 33.8 Å². The highest BCUT2D eigenvalue weighted by atomic mass is 32.2. The van der Waals surface area contributed by atoms with E-state index in [1.807, 2.05) is 197 Å². The summed E-state index contributed by atoms with van der Waals surface area (Å²) in [6.07, 6.45) is 60.9. The van der Waals surface area contributed by atoms with Crippen LogP contribution in [0.15, 0.2) is 221 Å². The number of hydrazone groups is 1. The van der Waals surface area contributed by atoms with Crippen molar-refractivity contribution in [3.8, 4) is 0 Å². The molecule has 0 aromatic rings. The molecule has 4 N–H and O–H groups in total. The summed E-state index contributed by atoms with van der Waals surface area (Å²) < 4.78 is 8.80. The van der Waals surface area contributed by atoms with Crippen LogP contribution in [0.5, 0.6) is 0 Å². The molecule has 0 atom stereocenters. The van der Waals surface area contributed by atoms with Crippen LogP contribution in [0.25, 0.3) is 0 Å². The molecule has 0 heterocycles. The average molecular weight is 1650 g/mol. The molecule has 0 aromatic heterocycles. The quantitative estimate of drug-likeness (QED) is 0.0213. The van der Waals surface area contributed by atoms with Gasteiger partial charge in [0, 0.05) is 210 Å². The van der Waals surface area contributed by atoms with Crippen LogP contribution in [0.1, 0.15) is 124 Å². The molecule has 0 radical (unpaired) electrons. The summed E-state index contributed by atoms with van der Waals surface area (Å²) in [6, 6.07) is 0. The Balaban J connectivity index is -0.0000000419. The number of allylic oxidation sites excluding steroid dienone is 12. The van der Waals surface area contributed by atoms with Gasteiger partial charge in [-0.05, 0) is 153 Å². The fourth-order valence-electron chi connectivity index (χ4n) is 3.03. The fourth-order valence-corrected chi connectivity index (χ4v) is 3.46. The zero-order valence-electron chi connectivity index (χ0n) is 79.6. The molecular weight excluding hydrogens is 1480 g/mol. The van der Waals surface area contributed by atoms with Gasteiger partial charge in [-0.2, -0.15) is 30.7 Å². The van der Waals surface area contributed by atoms with Crippen LogP contribution in [0.3, 0.4) is 0 Å². The van der Waals surface area contributed by atoms with Crippen molar-refractivity contribution in [3.63, 3.8) is 0 Å². The Labute approximate surface area is 708 Å². The van der Waals surface area contributed by atoms with Crippen molar-refractivity contribution >= 4 is 141 Å². The van der Waals surface area contributed by atoms with Gasteiger partial charge in [0.15, 0.2) is 12.8 Å². The monoisotopic (exact) mass is 1650 g/mol. The average Bonchev–Trinajstić information content (AvgIpc) is 3.81. The van der Waals surface area contributed by atoms with Crippen LogP contribution in [-0.4, -0.2) is 313 Å². The highest BCUT2D eigenvalue weighted by molar-refractivity contribution is 8.11. The number of aliphatic imine (C=N–C) groups is 18. The second-order valence-electron chi connectivity index (χ2n) is 15.8. The van der Waals surface area contributed by atoms with E-state index in [9.17, 15) is 0 Å². The third-order valence-electron chi connectivity index (χ3n) is 6.71. The van der Waals surface area contributed by atoms with Crippen molar-refractivity contribution in [2.24, 2.45) is 136 Å². The number of nitrogens with zero attached hydrogens (tertiary/aromatic N) is 27. The summed E-state index contributed by atoms with van der Waals surface area (Å²) in [5.41, 5.74) is 8.65. The van der Waals surface area contributed by atoms with E-state index in [1.165, 1.54) is 38.2 Å². The number of nitrogens with one attached hydrogen (secondary N) is 4. The lowest BCUT2D eigenvalue weighted by Crippen LogP contribution is -1.99. The summed E-state index contributed by atoms with van der Waals surface area (Å²) in [5, 5.41) is 36.6. The standard InChI is InChI=1S/C6H10.3C5H9N.C5H10.3C4H8N2.3C4H9N.2C3H7N3.3C3H8N2.2C3H7NO.2C3H7NS.C2H7N3/c1-3-5-6-4-2;2*1-3-4-5-6-2;1-3-5-6-4-2;1-3-5-4-2;1-5-3-4-6-2;2*1-3-6-4-5-2;2*1-3-4-5-2;1-3-5-4-2;2*1-4-3-6-5-2;1-4-3-5-2;2*1-3-5-4-2;4*1-4-3-5-2;1-3-5-4-2/h3-6H,1-2H3;3*3-5H,1-2H3;3,5H,4H2,1-2H3;3*3-4H,1-2H3;4H,3H2,1-2H3;3-5H,1-2H3;3H,4H2,1-2H3;2*3H,1-2H3;3H,1-2H3,(H,4,5);3H2,1-2H3;3-4H,1-2H3;4*3H,1-2H3;1-2H3,(H,3,4). The van der Waals surface area contributed by atoms with Crippen LogP contribution >= 0.6 is 23.5 Å². The van der Waals surface area contributed by atoms with Crippen molar-refractivity contribution in [2.45, 2.75) is 124 Å². The molecule has 0 aliphatic heterocycles. The van der Waals surface area contributed by atoms with E-state index >= 15 is 0 Å². The summed E-state index contributed by atoms with van der Waals surface area (Å²) in [4.78, 5) is 65.7. The van der Waals surface area contributed by atoms with Gasteiger partial charge < -0.3 is 30.5 Å². The second-order valence-corrected chi connectivity index (χ2v) is 17.2. The lowest BCUT2D eigenvalue weighted by atomic mass is 10.4. The maximum absolute atomic E-state index is 4.40. The first kappa shape index (κ1) is 160. The first-order chi connectivity index (χ1) is 55.2. The molecule has 0 bridgehead atoms. The maximum atomic E-state index is 4.40. The van der Waals surface area contributed by atoms with Crippen molar-refractivity contribution in [3.05, 3.63) is 85.3 Å². The number of hydrogen-bond donors (Lipinski definition) is 4. The van der Waals surface area contributed by atoms with E-state index in [1.54, 1.807) is 258 Å². The Morgan fingerprint density at radius 2 is 0.746 bits per heavy atom. The van der Waals surface area contributed by atoms with Gasteiger partial charge >= 0.3 is 0 Å². The molecule has 114 heavy (non-hydrogen) atoms. The summed E-state index contributed by atoms with van der Waals surface area (Å²) in [5.74, 6) is 0. The highest BCUT2D eigenvalue weighted by Crippen LogP contribution is 1.79. The van der Waals surface area contributed by atoms with Crippen LogP contribution in [0, 0.1) is 0 Å². The van der Waals surface area contributed by atoms with Crippen LogP contribution < -0.4 is 21.5 Å². The minimum atomic E-state index is 0.802. The van der Waals surface area contributed by atoms with Gasteiger partial charge in [-0.1, -0.05) is 79.8 Å². The van der Waals surface area contributed by atoms with Gasteiger partial charge in [0.2, 0.25) is 0 Å². The summed E-state index contributed by atoms with van der Waals surface area (Å²) in [7, 11) is 40.7. The van der Waals surface area contributed by atoms with E-state index in [-0.39, 0.29) is 0 Å². The molecule has 0 aliphatic carbocycles. The topological polar surface area (TPSA) is 400 Å². The van der Waals surface area contributed by atoms with Crippen molar-refractivity contribution < 1.29 is 9.47 Å². The highest BCUT2D eigenvalue weighted by Gasteiger charge is 1.59. The molecule has 0 aromatic carbocycles. The zero-order valence-corrected chi connectivity index (χ0v) is 81.2. The van der Waals surface area contributed by atoms with Gasteiger partial charge in [-0.25, -0.2) is 0 Å². The maximum Gasteiger partial charge on any atom is 0.168 e. The molecule has 0 aliphatic rings. The number of thioether (sulfide) groups is 2. The van der Waals surface area contributed by atoms with Crippen LogP contribution in [-0.2, 0) is 9.47 Å². The molecule has 0 fully saturated rings. The van der Waals surface area contributed by atoms with Gasteiger partial charge in [-0.3, -0.25) is 90.3 Å². The number of methoxy groups -OCH3 is 2. The molecule has 666 valence electrons. The number of hydrogen-bond acceptors (Lipinski definition) is 29. The molecular formula is C79H171N31O2S2. The lowest BCUT2D eigenvalue weighted by molar-refractivity contribution is 0.422. The van der Waals surface area contributed by atoms with E-state index in [2.05, 4.69) is 193 Å². The Morgan fingerprint density at radius 3 is 0.798 bits per heavy atom. The smallest absolute Gasteiger partial charge is 0.168 e. The van der Waals surface area contributed by atoms with Crippen molar-refractivity contribution in [1.29, 1.82) is 0 Å². The van der Waals surface area contributed by atoms with E-state index in [4.69, 9.17) is 0 Å². The molecule has 0 saturated heterocycles. The Kier molecular flexibility index (Phi) is 392. The predicted molar refractivity (Wildman–Crippen MR) is 538 cm³/mol. The number of azo groups is 3. The number of rotatable bonds is 21. The van der Waals surface area contributed by atoms with Crippen LogP contribution in [0.2, 0.25) is 0 Å². The Hall–Kier alpha value is -10.2. The summed E-state index contributed by atoms with van der Waals surface area (Å²) >= 11 is 3.22. The minimum absolute atomic E-state index is 0.802. The molecule has 0 amide bonds. The molecule has 0 saturated carbocycles. The van der Waals surface area contributed by atoms with Gasteiger partial charge in [0.05, 0.1) is 45.2 Å². The molecule has 0 unspecified atom stereocenters. The lowest BCUT2D eigenvalue weighted by Gasteiger charge is -1.75. The molecule has 0 spiro atoms. The molecule has 33 nitrogen and oxygen atoms in total. The first-order valence-corrected chi connectivity index (χ1v) is 38.1. The largest absolute Gasteiger partial charge is 0.487 e. The van der Waals surface area contributed by atoms with E-state index < -0.39 is 0 Å². The molecule has 35 heteroatoms. The minimum Gasteiger partial charge on any atom is -0.487 e. The summed E-state index contributed by atoms with van der Waals surface area (Å²) in [6.45, 7) is 33.1. The normalized spacial score (nSPS) is 10.6. The Bertz CT molecular complexity index is 1750. The third kappa shape index (κ3) is 621. The first-order valence-electron chi connectivity index (χ1n) is 35.5. The van der Waals surface area contributed by atoms with Crippen LogP contribution in [0.4, 0.5) is 0 Å². The third-order valence-corrected chi connectivity index (χ3v) is 7.55. The fraction of sp³-hybridized carbons (Fsp3) is 0.582. The zero-order chi connectivity index (χ0) is 92.9. The molecule has 0 rings (SSSR count). The number of ether oxygens (including phenoxy) is 2. The van der Waals surface area contributed by atoms with Gasteiger partial charge in [0.1, 0.15) is 25.4 Å². The van der Waals surface area contributed by atoms with E-state index in [0.717, 1.165) is 25.9 Å². The van der Waals surface area contributed by atoms with Crippen molar-refractivity contribution in [2.75, 3.05) is 195 Å². The Morgan fingerprint density at radius 1 is 0.342 bits per heavy atom. The van der Waals surface area contributed by atoms with Crippen molar-refractivity contribution in [1.82, 2.24) is 21.5 Å². The SMILES string of the molecule is CC=CC=CC.CC=CC=NC.CC=CC=NC.CC=CCC.CC=CN=CC.CC=CNC.CC=NC=NC.CC=NC=NC.CC=NCC.CC=NNC.CCC=NC.CCN=NC.CN=CC=NC.CN=CN=NC.CN=CN=NC.CN=CNC.CN=COC.CN=COC.CN=CSC.CN=CSC.CN=NNC. The predicted octanol–water partition coefficient (Wildman–Crippen LogP) is 18.5. The second kappa shape index (κ2) is 279. The van der Waals surface area contributed by atoms with E-state index in [0.29, 0.717) is 0 Å². The van der Waals surface area contributed by atoms with Gasteiger partial charge in [0.25, 0.3) is 0 Å².